The highest BCUT2D eigenvalue weighted by molar-refractivity contribution is 7.99. The van der Waals surface area contributed by atoms with Gasteiger partial charge in [-0.25, -0.2) is 0 Å². The van der Waals surface area contributed by atoms with Crippen molar-refractivity contribution in [3.8, 4) is 0 Å². The molecule has 0 unspecified atom stereocenters. The Morgan fingerprint density at radius 3 is 0.774 bits per heavy atom. The van der Waals surface area contributed by atoms with Crippen LogP contribution < -0.4 is 0 Å². The smallest absolute Gasteiger partial charge is 0.306 e. The molecule has 0 aromatic carbocycles. The molecule has 0 saturated heterocycles. The third-order valence-electron chi connectivity index (χ3n) is 8.53. The zero-order valence-electron chi connectivity index (χ0n) is 34.0. The van der Waals surface area contributed by atoms with Crippen LogP contribution in [0.1, 0.15) is 156 Å². The highest BCUT2D eigenvalue weighted by Crippen LogP contribution is 2.24. The second kappa shape index (κ2) is 39.5. The Kier molecular flexibility index (Phi) is 39.0. The maximum absolute atomic E-state index is 12.9. The molecule has 312 valence electrons. The van der Waals surface area contributed by atoms with Crippen LogP contribution in [0.4, 0.5) is 0 Å². The molecule has 0 aromatic heterocycles. The van der Waals surface area contributed by atoms with E-state index in [1.807, 2.05) is 0 Å². The Balaban J connectivity index is 5.47. The number of unbranched alkanes of at least 4 members (excludes halogenated alkanes) is 12. The van der Waals surface area contributed by atoms with Crippen molar-refractivity contribution in [1.29, 1.82) is 0 Å². The molecule has 0 aliphatic heterocycles. The summed E-state index contributed by atoms with van der Waals surface area (Å²) in [4.78, 5) is 51.5. The third-order valence-corrected chi connectivity index (χ3v) is 12.8. The summed E-state index contributed by atoms with van der Waals surface area (Å²) in [7, 11) is 0. The zero-order chi connectivity index (χ0) is 39.1. The summed E-state index contributed by atoms with van der Waals surface area (Å²) in [5.41, 5.74) is -1.21. The number of esters is 4. The second-order valence-electron chi connectivity index (χ2n) is 13.8. The molecule has 0 aliphatic rings. The number of ether oxygens (including phenoxy) is 4. The van der Waals surface area contributed by atoms with E-state index in [0.29, 0.717) is 23.0 Å². The van der Waals surface area contributed by atoms with Crippen molar-refractivity contribution in [2.24, 2.45) is 5.41 Å². The Morgan fingerprint density at radius 2 is 0.566 bits per heavy atom. The molecule has 0 amide bonds. The molecule has 53 heavy (non-hydrogen) atoms. The first-order valence-corrected chi connectivity index (χ1v) is 25.4. The SMILES string of the molecule is CCCCCCSCCC(=O)OCC(COC(=O)CCSCCCCCC)(COC(=O)CCSCCCCCC)COC(=O)CCSCCCCCC. The lowest BCUT2D eigenvalue weighted by Gasteiger charge is -2.31. The van der Waals surface area contributed by atoms with Gasteiger partial charge >= 0.3 is 23.9 Å². The predicted octanol–water partition coefficient (Wildman–Crippen LogP) is 11.0. The fraction of sp³-hybridized carbons (Fsp3) is 0.902. The van der Waals surface area contributed by atoms with Gasteiger partial charge in [0.1, 0.15) is 31.8 Å². The molecule has 0 fully saturated rings. The minimum atomic E-state index is -1.21. The van der Waals surface area contributed by atoms with Crippen molar-refractivity contribution in [3.63, 3.8) is 0 Å². The van der Waals surface area contributed by atoms with Crippen LogP contribution in [0.15, 0.2) is 0 Å². The standard InChI is InChI=1S/C41H76O8S4/c1-5-9-13-17-25-50-29-21-37(42)46-33-41(34-47-38(43)22-30-51-26-18-14-10-6-2,35-48-39(44)23-31-52-27-19-15-11-7-3)36-49-40(45)24-32-53-28-20-16-12-8-4/h5-36H2,1-4H3. The Bertz CT molecular complexity index is 751. The molecule has 0 atom stereocenters. The third kappa shape index (κ3) is 35.4. The van der Waals surface area contributed by atoms with E-state index in [4.69, 9.17) is 18.9 Å². The van der Waals surface area contributed by atoms with Crippen molar-refractivity contribution >= 4 is 70.9 Å². The maximum Gasteiger partial charge on any atom is 0.306 e. The van der Waals surface area contributed by atoms with Gasteiger partial charge in [0.2, 0.25) is 0 Å². The summed E-state index contributed by atoms with van der Waals surface area (Å²) in [6.07, 6.45) is 19.9. The predicted molar refractivity (Wildman–Crippen MR) is 231 cm³/mol. The van der Waals surface area contributed by atoms with Gasteiger partial charge in [0.05, 0.1) is 25.7 Å². The monoisotopic (exact) mass is 824 g/mol. The molecule has 0 spiro atoms. The van der Waals surface area contributed by atoms with Gasteiger partial charge in [-0.3, -0.25) is 19.2 Å². The Hall–Kier alpha value is -0.720. The van der Waals surface area contributed by atoms with Crippen LogP contribution in [0.2, 0.25) is 0 Å². The molecule has 0 rings (SSSR count). The first-order chi connectivity index (χ1) is 25.8. The summed E-state index contributed by atoms with van der Waals surface area (Å²) in [5.74, 6) is 5.12. The van der Waals surface area contributed by atoms with Gasteiger partial charge in [-0.05, 0) is 48.7 Å². The molecule has 0 radical (unpaired) electrons. The van der Waals surface area contributed by atoms with E-state index in [1.54, 1.807) is 47.0 Å². The number of carbonyl (C=O) groups excluding carboxylic acids is 4. The van der Waals surface area contributed by atoms with Crippen molar-refractivity contribution in [2.75, 3.05) is 72.5 Å². The van der Waals surface area contributed by atoms with E-state index in [9.17, 15) is 19.2 Å². The minimum Gasteiger partial charge on any atom is -0.465 e. The maximum atomic E-state index is 12.9. The van der Waals surface area contributed by atoms with E-state index in [-0.39, 0.29) is 76.0 Å². The number of hydrogen-bond acceptors (Lipinski definition) is 12. The fourth-order valence-corrected chi connectivity index (χ4v) is 8.72. The average molecular weight is 825 g/mol. The van der Waals surface area contributed by atoms with E-state index in [1.165, 1.54) is 77.0 Å². The van der Waals surface area contributed by atoms with Crippen molar-refractivity contribution in [3.05, 3.63) is 0 Å². The Labute approximate surface area is 341 Å². The lowest BCUT2D eigenvalue weighted by Crippen LogP contribution is -2.44. The quantitative estimate of drug-likeness (QED) is 0.0334. The van der Waals surface area contributed by atoms with Crippen LogP contribution in [0, 0.1) is 5.41 Å². The lowest BCUT2D eigenvalue weighted by atomic mass is 9.92. The number of thioether (sulfide) groups is 4. The molecular formula is C41H76O8S4. The molecule has 0 aromatic rings. The summed E-state index contributed by atoms with van der Waals surface area (Å²) in [6.45, 7) is 7.99. The van der Waals surface area contributed by atoms with E-state index >= 15 is 0 Å². The van der Waals surface area contributed by atoms with Crippen molar-refractivity contribution < 1.29 is 38.1 Å². The highest BCUT2D eigenvalue weighted by Gasteiger charge is 2.38. The van der Waals surface area contributed by atoms with Gasteiger partial charge in [0, 0.05) is 23.0 Å². The molecule has 0 heterocycles. The topological polar surface area (TPSA) is 105 Å². The van der Waals surface area contributed by atoms with Crippen LogP contribution >= 0.6 is 47.0 Å². The molecule has 8 nitrogen and oxygen atoms in total. The van der Waals surface area contributed by atoms with Crippen LogP contribution in [0.25, 0.3) is 0 Å². The number of rotatable bonds is 40. The summed E-state index contributed by atoms with van der Waals surface area (Å²) < 4.78 is 23.0. The molecular weight excluding hydrogens is 749 g/mol. The van der Waals surface area contributed by atoms with Gasteiger partial charge in [0.25, 0.3) is 0 Å². The first-order valence-electron chi connectivity index (χ1n) is 20.8. The minimum absolute atomic E-state index is 0.189. The van der Waals surface area contributed by atoms with Crippen LogP contribution in [-0.2, 0) is 38.1 Å². The molecule has 0 saturated carbocycles. The fourth-order valence-electron chi connectivity index (χ4n) is 5.03. The summed E-state index contributed by atoms with van der Waals surface area (Å²) in [6, 6.07) is 0. The number of hydrogen-bond donors (Lipinski definition) is 0. The van der Waals surface area contributed by atoms with E-state index < -0.39 is 5.41 Å². The summed E-state index contributed by atoms with van der Waals surface area (Å²) >= 11 is 6.95. The normalized spacial score (nSPS) is 11.4. The largest absolute Gasteiger partial charge is 0.465 e. The van der Waals surface area contributed by atoms with Crippen LogP contribution in [-0.4, -0.2) is 96.3 Å². The Morgan fingerprint density at radius 1 is 0.340 bits per heavy atom. The second-order valence-corrected chi connectivity index (χ2v) is 18.7. The molecule has 0 bridgehead atoms. The average Bonchev–Trinajstić information content (AvgIpc) is 3.15. The van der Waals surface area contributed by atoms with Gasteiger partial charge in [-0.15, -0.1) is 0 Å². The van der Waals surface area contributed by atoms with E-state index in [2.05, 4.69) is 27.7 Å². The highest BCUT2D eigenvalue weighted by atomic mass is 32.2. The van der Waals surface area contributed by atoms with E-state index in [0.717, 1.165) is 48.7 Å². The molecule has 0 aliphatic carbocycles. The van der Waals surface area contributed by atoms with Crippen molar-refractivity contribution in [1.82, 2.24) is 0 Å². The number of carbonyl (C=O) groups is 4. The molecule has 12 heteroatoms. The van der Waals surface area contributed by atoms with Crippen LogP contribution in [0.3, 0.4) is 0 Å². The lowest BCUT2D eigenvalue weighted by molar-refractivity contribution is -0.170. The van der Waals surface area contributed by atoms with Crippen molar-refractivity contribution in [2.45, 2.75) is 156 Å². The van der Waals surface area contributed by atoms with Gasteiger partial charge in [-0.2, -0.15) is 47.0 Å². The summed E-state index contributed by atoms with van der Waals surface area (Å²) in [5, 5.41) is 0. The van der Waals surface area contributed by atoms with Gasteiger partial charge in [0.15, 0.2) is 0 Å². The zero-order valence-corrected chi connectivity index (χ0v) is 37.3. The van der Waals surface area contributed by atoms with Crippen LogP contribution in [0.5, 0.6) is 0 Å². The van der Waals surface area contributed by atoms with Gasteiger partial charge in [-0.1, -0.05) is 105 Å². The molecule has 0 N–H and O–H groups in total. The first kappa shape index (κ1) is 52.3. The van der Waals surface area contributed by atoms with Gasteiger partial charge < -0.3 is 18.9 Å².